The lowest BCUT2D eigenvalue weighted by Crippen LogP contribution is -2.37. The summed E-state index contributed by atoms with van der Waals surface area (Å²) in [7, 11) is 1.49. The molecule has 4 heterocycles. The number of pyridine rings is 2. The summed E-state index contributed by atoms with van der Waals surface area (Å²) in [5.74, 6) is 0.00262. The van der Waals surface area contributed by atoms with Crippen LogP contribution in [0.2, 0.25) is 0 Å². The maximum Gasteiger partial charge on any atom is 0.267 e. The van der Waals surface area contributed by atoms with Gasteiger partial charge in [-0.1, -0.05) is 24.3 Å². The summed E-state index contributed by atoms with van der Waals surface area (Å²) in [4.78, 5) is 45.1. The lowest BCUT2D eigenvalue weighted by Gasteiger charge is -2.16. The summed E-state index contributed by atoms with van der Waals surface area (Å²) in [5.41, 5.74) is 1.32. The zero-order chi connectivity index (χ0) is 23.8. The maximum atomic E-state index is 13.7. The van der Waals surface area contributed by atoms with Crippen molar-refractivity contribution in [1.29, 1.82) is 0 Å². The van der Waals surface area contributed by atoms with Crippen molar-refractivity contribution in [2.75, 3.05) is 20.2 Å². The summed E-state index contributed by atoms with van der Waals surface area (Å²) < 4.78 is 8.09. The van der Waals surface area contributed by atoms with E-state index in [1.54, 1.807) is 15.7 Å². The number of ether oxygens (including phenoxy) is 1. The lowest BCUT2D eigenvalue weighted by atomic mass is 10.1. The Bertz CT molecular complexity index is 1460. The van der Waals surface area contributed by atoms with Gasteiger partial charge in [-0.3, -0.25) is 19.4 Å². The molecular formula is C25H24N4O4S. The van der Waals surface area contributed by atoms with Crippen molar-refractivity contribution >= 4 is 44.1 Å². The van der Waals surface area contributed by atoms with Gasteiger partial charge in [0.15, 0.2) is 5.75 Å². The number of likely N-dealkylation sites (tertiary alicyclic amines) is 1. The molecule has 1 N–H and O–H groups in total. The van der Waals surface area contributed by atoms with Crippen LogP contribution in [0, 0.1) is 0 Å². The second-order valence-electron chi connectivity index (χ2n) is 8.34. The van der Waals surface area contributed by atoms with Crippen LogP contribution in [-0.2, 0) is 11.3 Å². The van der Waals surface area contributed by atoms with Crippen LogP contribution in [0.1, 0.15) is 28.7 Å². The first-order valence-corrected chi connectivity index (χ1v) is 11.9. The van der Waals surface area contributed by atoms with Gasteiger partial charge in [0.1, 0.15) is 10.3 Å². The van der Waals surface area contributed by atoms with E-state index >= 15 is 0 Å². The highest BCUT2D eigenvalue weighted by Gasteiger charge is 2.32. The number of benzene rings is 1. The number of carbonyl (C=O) groups is 2. The number of nitrogens with one attached hydrogen (secondary N) is 1. The molecule has 1 fully saturated rings. The molecule has 1 atom stereocenters. The number of carbonyl (C=O) groups excluding carboxylic acids is 2. The largest absolute Gasteiger partial charge is 0.494 e. The van der Waals surface area contributed by atoms with Crippen LogP contribution in [0.25, 0.3) is 21.0 Å². The van der Waals surface area contributed by atoms with Crippen molar-refractivity contribution < 1.29 is 14.3 Å². The quantitative estimate of drug-likeness (QED) is 0.478. The average molecular weight is 477 g/mol. The van der Waals surface area contributed by atoms with E-state index in [2.05, 4.69) is 10.3 Å². The number of hydrogen-bond acceptors (Lipinski definition) is 6. The molecule has 1 unspecified atom stereocenters. The standard InChI is InChI=1S/C25H24N4O4S/c1-15(30)27-17-10-12-28(13-17)25(32)23-21(33-2)20-22(34-23)18-8-3-4-9-19(18)29(24(20)31)14-16-7-5-6-11-26-16/h3-9,11,17H,10,12-14H2,1-2H3,(H,27,30). The Morgan fingerprint density at radius 3 is 2.74 bits per heavy atom. The topological polar surface area (TPSA) is 93.5 Å². The zero-order valence-electron chi connectivity index (χ0n) is 18.9. The number of hydrogen-bond donors (Lipinski definition) is 1. The summed E-state index contributed by atoms with van der Waals surface area (Å²) in [6.07, 6.45) is 2.39. The van der Waals surface area contributed by atoms with Crippen LogP contribution in [0.5, 0.6) is 5.75 Å². The summed E-state index contributed by atoms with van der Waals surface area (Å²) in [5, 5.41) is 4.17. The monoisotopic (exact) mass is 476 g/mol. The number of para-hydroxylation sites is 1. The molecular weight excluding hydrogens is 452 g/mol. The molecule has 0 saturated carbocycles. The van der Waals surface area contributed by atoms with Crippen molar-refractivity contribution in [2.45, 2.75) is 25.9 Å². The Balaban J connectivity index is 1.64. The van der Waals surface area contributed by atoms with E-state index in [1.165, 1.54) is 25.4 Å². The Morgan fingerprint density at radius 1 is 1.21 bits per heavy atom. The molecule has 9 heteroatoms. The number of fused-ring (bicyclic) bond motifs is 3. The van der Waals surface area contributed by atoms with Gasteiger partial charge in [0.2, 0.25) is 5.91 Å². The average Bonchev–Trinajstić information content (AvgIpc) is 3.46. The number of aromatic nitrogens is 2. The highest BCUT2D eigenvalue weighted by Crippen LogP contribution is 2.40. The molecule has 1 aromatic carbocycles. The van der Waals surface area contributed by atoms with Gasteiger partial charge in [0, 0.05) is 37.6 Å². The van der Waals surface area contributed by atoms with Crippen LogP contribution in [0.15, 0.2) is 53.5 Å². The molecule has 1 saturated heterocycles. The second-order valence-corrected chi connectivity index (χ2v) is 9.36. The van der Waals surface area contributed by atoms with E-state index in [9.17, 15) is 14.4 Å². The van der Waals surface area contributed by atoms with E-state index < -0.39 is 0 Å². The number of methoxy groups -OCH3 is 1. The zero-order valence-corrected chi connectivity index (χ0v) is 19.7. The van der Waals surface area contributed by atoms with Gasteiger partial charge in [0.05, 0.1) is 29.6 Å². The Labute approximate surface area is 199 Å². The van der Waals surface area contributed by atoms with Crippen molar-refractivity contribution in [1.82, 2.24) is 19.8 Å². The van der Waals surface area contributed by atoms with Gasteiger partial charge in [0.25, 0.3) is 11.5 Å². The predicted molar refractivity (Wildman–Crippen MR) is 132 cm³/mol. The summed E-state index contributed by atoms with van der Waals surface area (Å²) in [6.45, 7) is 2.75. The van der Waals surface area contributed by atoms with E-state index in [0.717, 1.165) is 21.3 Å². The van der Waals surface area contributed by atoms with E-state index in [4.69, 9.17) is 4.74 Å². The van der Waals surface area contributed by atoms with Crippen LogP contribution in [0.4, 0.5) is 0 Å². The minimum Gasteiger partial charge on any atom is -0.494 e. The van der Waals surface area contributed by atoms with Crippen molar-refractivity contribution in [3.63, 3.8) is 0 Å². The molecule has 0 radical (unpaired) electrons. The number of thiophene rings is 1. The molecule has 3 aromatic heterocycles. The van der Waals surface area contributed by atoms with Gasteiger partial charge in [-0.2, -0.15) is 0 Å². The third kappa shape index (κ3) is 3.81. The van der Waals surface area contributed by atoms with E-state index in [-0.39, 0.29) is 23.4 Å². The first-order valence-electron chi connectivity index (χ1n) is 11.1. The van der Waals surface area contributed by atoms with Crippen LogP contribution < -0.4 is 15.6 Å². The first kappa shape index (κ1) is 22.1. The highest BCUT2D eigenvalue weighted by atomic mass is 32.1. The molecule has 34 heavy (non-hydrogen) atoms. The third-order valence-electron chi connectivity index (χ3n) is 6.09. The molecule has 174 valence electrons. The molecule has 5 rings (SSSR count). The van der Waals surface area contributed by atoms with Crippen LogP contribution in [0.3, 0.4) is 0 Å². The van der Waals surface area contributed by atoms with E-state index in [1.807, 2.05) is 42.5 Å². The molecule has 8 nitrogen and oxygen atoms in total. The van der Waals surface area contributed by atoms with Crippen LogP contribution >= 0.6 is 11.3 Å². The fourth-order valence-electron chi connectivity index (χ4n) is 4.59. The van der Waals surface area contributed by atoms with Gasteiger partial charge in [-0.15, -0.1) is 11.3 Å². The molecule has 0 spiro atoms. The SMILES string of the molecule is COc1c(C(=O)N2CCC(NC(C)=O)C2)sc2c1c(=O)n(Cc1ccccn1)c1ccccc21. The number of amides is 2. The maximum absolute atomic E-state index is 13.7. The predicted octanol–water partition coefficient (Wildman–Crippen LogP) is 3.02. The lowest BCUT2D eigenvalue weighted by molar-refractivity contribution is -0.119. The molecule has 2 amide bonds. The van der Waals surface area contributed by atoms with Crippen molar-refractivity contribution in [3.8, 4) is 5.75 Å². The molecule has 1 aliphatic rings. The molecule has 4 aromatic rings. The summed E-state index contributed by atoms with van der Waals surface area (Å²) >= 11 is 1.28. The summed E-state index contributed by atoms with van der Waals surface area (Å²) in [6, 6.07) is 13.2. The minimum atomic E-state index is -0.218. The normalized spacial score (nSPS) is 15.7. The van der Waals surface area contributed by atoms with E-state index in [0.29, 0.717) is 42.1 Å². The smallest absolute Gasteiger partial charge is 0.267 e. The fourth-order valence-corrected chi connectivity index (χ4v) is 5.85. The molecule has 1 aliphatic heterocycles. The first-order chi connectivity index (χ1) is 16.5. The molecule has 0 aliphatic carbocycles. The van der Waals surface area contributed by atoms with Gasteiger partial charge in [-0.05, 0) is 24.6 Å². The van der Waals surface area contributed by atoms with Crippen molar-refractivity contribution in [2.24, 2.45) is 0 Å². The van der Waals surface area contributed by atoms with Crippen molar-refractivity contribution in [3.05, 3.63) is 69.6 Å². The number of nitrogens with zero attached hydrogens (tertiary/aromatic N) is 3. The highest BCUT2D eigenvalue weighted by molar-refractivity contribution is 7.22. The minimum absolute atomic E-state index is 0.0711. The Kier molecular flexibility index (Phi) is 5.79. The van der Waals surface area contributed by atoms with Gasteiger partial charge < -0.3 is 19.5 Å². The Hall–Kier alpha value is -3.72. The third-order valence-corrected chi connectivity index (χ3v) is 7.28. The van der Waals surface area contributed by atoms with Gasteiger partial charge >= 0.3 is 0 Å². The number of rotatable bonds is 5. The van der Waals surface area contributed by atoms with Crippen LogP contribution in [-0.4, -0.2) is 52.5 Å². The fraction of sp³-hybridized carbons (Fsp3) is 0.280. The second kappa shape index (κ2) is 8.90. The Morgan fingerprint density at radius 2 is 2.00 bits per heavy atom. The van der Waals surface area contributed by atoms with Gasteiger partial charge in [-0.25, -0.2) is 0 Å². The molecule has 0 bridgehead atoms.